The molecule has 1 aliphatic heterocycles. The molecule has 2 unspecified atom stereocenters. The molecule has 2 rings (SSSR count). The maximum atomic E-state index is 13.5. The van der Waals surface area contributed by atoms with Crippen molar-refractivity contribution in [2.75, 3.05) is 19.8 Å². The number of carbonyl (C=O) groups excluding carboxylic acids is 1. The van der Waals surface area contributed by atoms with Gasteiger partial charge in [0.1, 0.15) is 11.6 Å². The van der Waals surface area contributed by atoms with Gasteiger partial charge in [0.15, 0.2) is 5.78 Å². The van der Waals surface area contributed by atoms with E-state index in [2.05, 4.69) is 5.32 Å². The van der Waals surface area contributed by atoms with Crippen LogP contribution in [0.25, 0.3) is 0 Å². The van der Waals surface area contributed by atoms with Gasteiger partial charge in [0.2, 0.25) is 0 Å². The van der Waals surface area contributed by atoms with Gasteiger partial charge in [-0.05, 0) is 18.7 Å². The van der Waals surface area contributed by atoms with E-state index in [1.165, 1.54) is 6.07 Å². The van der Waals surface area contributed by atoms with Gasteiger partial charge in [-0.1, -0.05) is 13.0 Å². The van der Waals surface area contributed by atoms with Gasteiger partial charge < -0.3 is 10.1 Å². The van der Waals surface area contributed by atoms with E-state index in [9.17, 15) is 13.6 Å². The first-order valence-electron chi connectivity index (χ1n) is 5.94. The lowest BCUT2D eigenvalue weighted by Crippen LogP contribution is -2.39. The van der Waals surface area contributed by atoms with Crippen LogP contribution in [-0.4, -0.2) is 31.6 Å². The first-order valence-corrected chi connectivity index (χ1v) is 5.94. The van der Waals surface area contributed by atoms with Crippen molar-refractivity contribution in [2.24, 2.45) is 5.92 Å². The Bertz CT molecular complexity index is 430. The summed E-state index contributed by atoms with van der Waals surface area (Å²) in [6.07, 6.45) is 0. The van der Waals surface area contributed by atoms with Crippen molar-refractivity contribution in [3.63, 3.8) is 0 Å². The number of carbonyl (C=O) groups is 1. The van der Waals surface area contributed by atoms with E-state index in [1.54, 1.807) is 0 Å². The van der Waals surface area contributed by atoms with Gasteiger partial charge in [-0.15, -0.1) is 0 Å². The molecule has 1 fully saturated rings. The lowest BCUT2D eigenvalue weighted by molar-refractivity contribution is 0.0883. The van der Waals surface area contributed by atoms with Gasteiger partial charge in [0.05, 0.1) is 24.7 Å². The van der Waals surface area contributed by atoms with Gasteiger partial charge in [0, 0.05) is 6.04 Å². The van der Waals surface area contributed by atoms with Crippen LogP contribution in [0.4, 0.5) is 8.78 Å². The first-order chi connectivity index (χ1) is 8.65. The van der Waals surface area contributed by atoms with E-state index in [4.69, 9.17) is 4.74 Å². The zero-order valence-corrected chi connectivity index (χ0v) is 10.1. The summed E-state index contributed by atoms with van der Waals surface area (Å²) in [5, 5.41) is 3.09. The van der Waals surface area contributed by atoms with Crippen LogP contribution in [0.5, 0.6) is 0 Å². The number of nitrogens with one attached hydrogen (secondary N) is 1. The number of hydrogen-bond acceptors (Lipinski definition) is 3. The van der Waals surface area contributed by atoms with Crippen LogP contribution in [0.1, 0.15) is 17.3 Å². The van der Waals surface area contributed by atoms with E-state index >= 15 is 0 Å². The average Bonchev–Trinajstić information content (AvgIpc) is 2.77. The highest BCUT2D eigenvalue weighted by Gasteiger charge is 2.36. The average molecular weight is 255 g/mol. The van der Waals surface area contributed by atoms with Gasteiger partial charge >= 0.3 is 0 Å². The van der Waals surface area contributed by atoms with Crippen molar-refractivity contribution < 1.29 is 18.3 Å². The molecule has 0 aromatic heterocycles. The third-order valence-electron chi connectivity index (χ3n) is 3.09. The zero-order valence-electron chi connectivity index (χ0n) is 10.1. The Labute approximate surface area is 104 Å². The predicted molar refractivity (Wildman–Crippen MR) is 62.5 cm³/mol. The van der Waals surface area contributed by atoms with Crippen LogP contribution < -0.4 is 5.32 Å². The summed E-state index contributed by atoms with van der Waals surface area (Å²) < 4.78 is 32.3. The molecule has 0 spiro atoms. The lowest BCUT2D eigenvalue weighted by Gasteiger charge is -2.17. The second-order valence-corrected chi connectivity index (χ2v) is 4.27. The fourth-order valence-corrected chi connectivity index (χ4v) is 2.19. The Balaban J connectivity index is 2.25. The Morgan fingerprint density at radius 3 is 2.67 bits per heavy atom. The second-order valence-electron chi connectivity index (χ2n) is 4.27. The number of ether oxygens (including phenoxy) is 1. The second kappa shape index (κ2) is 5.54. The highest BCUT2D eigenvalue weighted by Crippen LogP contribution is 2.22. The third-order valence-corrected chi connectivity index (χ3v) is 3.09. The molecule has 3 nitrogen and oxygen atoms in total. The molecule has 1 saturated heterocycles. The quantitative estimate of drug-likeness (QED) is 0.833. The van der Waals surface area contributed by atoms with Crippen LogP contribution in [0, 0.1) is 17.6 Å². The maximum Gasteiger partial charge on any atom is 0.175 e. The van der Waals surface area contributed by atoms with Crippen LogP contribution in [-0.2, 0) is 4.74 Å². The summed E-state index contributed by atoms with van der Waals surface area (Å²) in [6.45, 7) is 3.17. The normalized spacial score (nSPS) is 23.3. The molecule has 0 aliphatic carbocycles. The van der Waals surface area contributed by atoms with Crippen LogP contribution in [0.2, 0.25) is 0 Å². The number of likely N-dealkylation sites (N-methyl/N-ethyl adjacent to an activating group) is 1. The van der Waals surface area contributed by atoms with Crippen LogP contribution in [0.3, 0.4) is 0 Å². The Kier molecular flexibility index (Phi) is 4.04. The predicted octanol–water partition coefficient (Wildman–Crippen LogP) is 1.77. The molecule has 1 N–H and O–H groups in total. The fraction of sp³-hybridized carbons (Fsp3) is 0.462. The van der Waals surface area contributed by atoms with E-state index in [0.717, 1.165) is 12.1 Å². The Hall–Kier alpha value is -1.33. The molecule has 2 atom stereocenters. The zero-order chi connectivity index (χ0) is 13.1. The van der Waals surface area contributed by atoms with Crippen molar-refractivity contribution in [2.45, 2.75) is 13.0 Å². The minimum Gasteiger partial charge on any atom is -0.379 e. The minimum absolute atomic E-state index is 0.179. The van der Waals surface area contributed by atoms with E-state index in [1.807, 2.05) is 6.92 Å². The van der Waals surface area contributed by atoms with Gasteiger partial charge in [-0.2, -0.15) is 0 Å². The van der Waals surface area contributed by atoms with E-state index in [0.29, 0.717) is 13.2 Å². The molecule has 0 amide bonds. The summed E-state index contributed by atoms with van der Waals surface area (Å²) in [5.74, 6) is -2.70. The van der Waals surface area contributed by atoms with Gasteiger partial charge in [0.25, 0.3) is 0 Å². The molecule has 5 heteroatoms. The monoisotopic (exact) mass is 255 g/mol. The largest absolute Gasteiger partial charge is 0.379 e. The standard InChI is InChI=1S/C13H15F2NO2/c1-2-16-11-7-18-6-8(11)13(17)12-9(14)4-3-5-10(12)15/h3-5,8,11,16H,2,6-7H2,1H3. The van der Waals surface area contributed by atoms with Crippen LogP contribution >= 0.6 is 0 Å². The number of Topliss-reactive ketones (excluding diaryl/α,β-unsaturated/α-hetero) is 1. The maximum absolute atomic E-state index is 13.5. The lowest BCUT2D eigenvalue weighted by atomic mass is 9.92. The van der Waals surface area contributed by atoms with Crippen LogP contribution in [0.15, 0.2) is 18.2 Å². The molecular weight excluding hydrogens is 240 g/mol. The molecule has 1 aromatic rings. The van der Waals surface area contributed by atoms with Gasteiger partial charge in [-0.25, -0.2) is 8.78 Å². The molecule has 0 bridgehead atoms. The van der Waals surface area contributed by atoms with Crippen molar-refractivity contribution >= 4 is 5.78 Å². The topological polar surface area (TPSA) is 38.3 Å². The summed E-state index contributed by atoms with van der Waals surface area (Å²) in [6, 6.07) is 3.25. The van der Waals surface area contributed by atoms with E-state index in [-0.39, 0.29) is 12.6 Å². The first kappa shape index (κ1) is 13.1. The summed E-state index contributed by atoms with van der Waals surface area (Å²) in [4.78, 5) is 12.2. The molecule has 0 radical (unpaired) electrons. The molecule has 18 heavy (non-hydrogen) atoms. The molecule has 1 heterocycles. The number of halogens is 2. The Morgan fingerprint density at radius 1 is 1.39 bits per heavy atom. The highest BCUT2D eigenvalue weighted by molar-refractivity contribution is 5.99. The summed E-state index contributed by atoms with van der Waals surface area (Å²) >= 11 is 0. The summed E-state index contributed by atoms with van der Waals surface area (Å²) in [7, 11) is 0. The van der Waals surface area contributed by atoms with Crippen molar-refractivity contribution in [1.29, 1.82) is 0 Å². The third kappa shape index (κ3) is 2.42. The smallest absolute Gasteiger partial charge is 0.175 e. The molecule has 1 aliphatic rings. The number of ketones is 1. The number of hydrogen-bond donors (Lipinski definition) is 1. The number of rotatable bonds is 4. The SMILES string of the molecule is CCNC1COCC1C(=O)c1c(F)cccc1F. The van der Waals surface area contributed by atoms with Crippen molar-refractivity contribution in [3.05, 3.63) is 35.4 Å². The Morgan fingerprint density at radius 2 is 2.06 bits per heavy atom. The highest BCUT2D eigenvalue weighted by atomic mass is 19.1. The van der Waals surface area contributed by atoms with Gasteiger partial charge in [-0.3, -0.25) is 4.79 Å². The van der Waals surface area contributed by atoms with Crippen molar-refractivity contribution in [1.82, 2.24) is 5.32 Å². The molecule has 0 saturated carbocycles. The fourth-order valence-electron chi connectivity index (χ4n) is 2.19. The summed E-state index contributed by atoms with van der Waals surface area (Å²) in [5.41, 5.74) is -0.462. The molecular formula is C13H15F2NO2. The van der Waals surface area contributed by atoms with E-state index < -0.39 is 28.9 Å². The van der Waals surface area contributed by atoms with Crippen molar-refractivity contribution in [3.8, 4) is 0 Å². The molecule has 98 valence electrons. The molecule has 1 aromatic carbocycles. The number of benzene rings is 1. The minimum atomic E-state index is -0.817.